The van der Waals surface area contributed by atoms with E-state index in [0.717, 1.165) is 16.7 Å². The summed E-state index contributed by atoms with van der Waals surface area (Å²) in [6.07, 6.45) is -0.982. The molecule has 1 heterocycles. The van der Waals surface area contributed by atoms with Crippen LogP contribution in [-0.4, -0.2) is 59.0 Å². The van der Waals surface area contributed by atoms with E-state index in [1.165, 1.54) is 18.0 Å². The quantitative estimate of drug-likeness (QED) is 0.238. The van der Waals surface area contributed by atoms with Crippen molar-refractivity contribution in [1.82, 2.24) is 20.6 Å². The second-order valence-corrected chi connectivity index (χ2v) is 10.8. The van der Waals surface area contributed by atoms with Crippen LogP contribution in [0.5, 0.6) is 5.88 Å². The summed E-state index contributed by atoms with van der Waals surface area (Å²) in [5.41, 5.74) is 3.29. The first-order chi connectivity index (χ1) is 18.4. The minimum atomic E-state index is -1.00. The molecule has 39 heavy (non-hydrogen) atoms. The third-order valence-electron chi connectivity index (χ3n) is 5.37. The van der Waals surface area contributed by atoms with Gasteiger partial charge in [-0.15, -0.1) is 0 Å². The average Bonchev–Trinajstić information content (AvgIpc) is 2.85. The molecule has 0 saturated heterocycles. The second kappa shape index (κ2) is 13.3. The number of hydrogen-bond acceptors (Lipinski definition) is 9. The highest BCUT2D eigenvalue weighted by molar-refractivity contribution is 8.00. The third-order valence-corrected chi connectivity index (χ3v) is 6.15. The van der Waals surface area contributed by atoms with E-state index < -0.39 is 23.8 Å². The summed E-state index contributed by atoms with van der Waals surface area (Å²) < 4.78 is 14.7. The van der Waals surface area contributed by atoms with Gasteiger partial charge in [0.1, 0.15) is 11.7 Å². The van der Waals surface area contributed by atoms with Crippen molar-refractivity contribution in [3.8, 4) is 17.1 Å². The van der Waals surface area contributed by atoms with Crippen LogP contribution in [0, 0.1) is 13.8 Å². The molecule has 0 aliphatic rings. The Balaban J connectivity index is 1.88. The van der Waals surface area contributed by atoms with Crippen LogP contribution in [0.1, 0.15) is 42.3 Å². The Morgan fingerprint density at radius 2 is 1.72 bits per heavy atom. The number of anilines is 1. The molecule has 2 aromatic carbocycles. The van der Waals surface area contributed by atoms with E-state index in [0.29, 0.717) is 29.0 Å². The van der Waals surface area contributed by atoms with Crippen molar-refractivity contribution in [3.63, 3.8) is 0 Å². The molecule has 0 saturated carbocycles. The Morgan fingerprint density at radius 3 is 2.36 bits per heavy atom. The van der Waals surface area contributed by atoms with Gasteiger partial charge in [-0.3, -0.25) is 4.72 Å². The zero-order chi connectivity index (χ0) is 28.6. The summed E-state index contributed by atoms with van der Waals surface area (Å²) in [7, 11) is 1.79. The standard InChI is InChI=1S/C28H35N5O5S/c1-17-9-7-10-18(2)24(17)22-14-23(37-20(15-29-6)16-30-27(36)38-28(3,4)5)32-26(31-22)33-39-21-12-8-11-19(13-21)25(34)35/h7-14,20,29H,15-16H2,1-6H3,(H,30,36)(H,34,35)(H,31,32,33). The summed E-state index contributed by atoms with van der Waals surface area (Å²) in [5.74, 6) is -0.396. The van der Waals surface area contributed by atoms with E-state index in [2.05, 4.69) is 20.3 Å². The van der Waals surface area contributed by atoms with E-state index in [1.807, 2.05) is 32.0 Å². The highest BCUT2D eigenvalue weighted by Crippen LogP contribution is 2.30. The number of nitrogens with one attached hydrogen (secondary N) is 3. The lowest BCUT2D eigenvalue weighted by Gasteiger charge is -2.23. The first-order valence-electron chi connectivity index (χ1n) is 12.4. The fourth-order valence-corrected chi connectivity index (χ4v) is 4.37. The maximum atomic E-state index is 12.2. The normalized spacial score (nSPS) is 11.9. The number of hydrogen-bond donors (Lipinski definition) is 4. The molecular formula is C28H35N5O5S. The van der Waals surface area contributed by atoms with Gasteiger partial charge in [0.15, 0.2) is 0 Å². The number of rotatable bonds is 11. The summed E-state index contributed by atoms with van der Waals surface area (Å²) in [5, 5.41) is 15.1. The molecule has 0 aliphatic heterocycles. The lowest BCUT2D eigenvalue weighted by Crippen LogP contribution is -2.42. The van der Waals surface area contributed by atoms with Crippen molar-refractivity contribution in [2.24, 2.45) is 0 Å². The van der Waals surface area contributed by atoms with Crippen LogP contribution < -0.4 is 20.1 Å². The predicted molar refractivity (Wildman–Crippen MR) is 152 cm³/mol. The second-order valence-electron chi connectivity index (χ2n) is 9.90. The predicted octanol–water partition coefficient (Wildman–Crippen LogP) is 5.07. The number of carboxylic acids is 1. The molecule has 1 atom stereocenters. The summed E-state index contributed by atoms with van der Waals surface area (Å²) in [6, 6.07) is 14.4. The highest BCUT2D eigenvalue weighted by Gasteiger charge is 2.20. The highest BCUT2D eigenvalue weighted by atomic mass is 32.2. The van der Waals surface area contributed by atoms with Gasteiger partial charge in [0, 0.05) is 23.1 Å². The molecule has 0 fully saturated rings. The molecule has 1 unspecified atom stereocenters. The molecule has 1 aromatic heterocycles. The molecule has 208 valence electrons. The molecule has 0 radical (unpaired) electrons. The Hall–Kier alpha value is -3.83. The fraction of sp³-hybridized carbons (Fsp3) is 0.357. The Kier molecular flexibility index (Phi) is 10.1. The van der Waals surface area contributed by atoms with Crippen LogP contribution in [0.25, 0.3) is 11.3 Å². The van der Waals surface area contributed by atoms with Gasteiger partial charge >= 0.3 is 12.1 Å². The van der Waals surface area contributed by atoms with Crippen LogP contribution >= 0.6 is 11.9 Å². The van der Waals surface area contributed by atoms with Crippen LogP contribution in [0.15, 0.2) is 53.4 Å². The van der Waals surface area contributed by atoms with Gasteiger partial charge in [0.05, 0.1) is 17.8 Å². The monoisotopic (exact) mass is 553 g/mol. The number of carboxylic acid groups (broad SMARTS) is 1. The number of aromatic nitrogens is 2. The van der Waals surface area contributed by atoms with Crippen molar-refractivity contribution in [1.29, 1.82) is 0 Å². The summed E-state index contributed by atoms with van der Waals surface area (Å²) >= 11 is 1.19. The maximum absolute atomic E-state index is 12.2. The zero-order valence-corrected chi connectivity index (χ0v) is 23.8. The van der Waals surface area contributed by atoms with Crippen molar-refractivity contribution >= 4 is 30.0 Å². The smallest absolute Gasteiger partial charge is 0.407 e. The number of carbonyl (C=O) groups excluding carboxylic acids is 1. The first-order valence-corrected chi connectivity index (χ1v) is 13.3. The lowest BCUT2D eigenvalue weighted by molar-refractivity contribution is 0.0499. The van der Waals surface area contributed by atoms with Gasteiger partial charge in [-0.05, 0) is 82.9 Å². The molecule has 10 nitrogen and oxygen atoms in total. The molecule has 3 rings (SSSR count). The Morgan fingerprint density at radius 1 is 1.03 bits per heavy atom. The SMILES string of the molecule is CNCC(CNC(=O)OC(C)(C)C)Oc1cc(-c2c(C)cccc2C)nc(NSc2cccc(C(=O)O)c2)n1. The van der Waals surface area contributed by atoms with Crippen LogP contribution in [0.2, 0.25) is 0 Å². The Labute approximate surface area is 233 Å². The third kappa shape index (κ3) is 9.15. The molecule has 0 bridgehead atoms. The molecule has 1 amide bonds. The fourth-order valence-electron chi connectivity index (χ4n) is 3.74. The molecule has 11 heteroatoms. The van der Waals surface area contributed by atoms with E-state index in [-0.39, 0.29) is 12.1 Å². The number of ether oxygens (including phenoxy) is 2. The van der Waals surface area contributed by atoms with Crippen molar-refractivity contribution in [2.75, 3.05) is 24.9 Å². The zero-order valence-electron chi connectivity index (χ0n) is 23.0. The molecular weight excluding hydrogens is 518 g/mol. The van der Waals surface area contributed by atoms with Crippen molar-refractivity contribution in [2.45, 2.75) is 51.2 Å². The van der Waals surface area contributed by atoms with E-state index >= 15 is 0 Å². The minimum Gasteiger partial charge on any atom is -0.478 e. The van der Waals surface area contributed by atoms with Crippen LogP contribution in [0.4, 0.5) is 10.7 Å². The number of likely N-dealkylation sites (N-methyl/N-ethyl adjacent to an activating group) is 1. The number of carbonyl (C=O) groups is 2. The van der Waals surface area contributed by atoms with Gasteiger partial charge < -0.3 is 25.2 Å². The molecule has 4 N–H and O–H groups in total. The molecule has 3 aromatic rings. The van der Waals surface area contributed by atoms with Gasteiger partial charge in [0.25, 0.3) is 0 Å². The Bertz CT molecular complexity index is 1290. The number of aryl methyl sites for hydroxylation is 2. The number of alkyl carbamates (subject to hydrolysis) is 1. The number of benzene rings is 2. The van der Waals surface area contributed by atoms with E-state index in [9.17, 15) is 14.7 Å². The van der Waals surface area contributed by atoms with Crippen molar-refractivity contribution < 1.29 is 24.2 Å². The van der Waals surface area contributed by atoms with Crippen molar-refractivity contribution in [3.05, 3.63) is 65.2 Å². The van der Waals surface area contributed by atoms with Crippen LogP contribution in [0.3, 0.4) is 0 Å². The topological polar surface area (TPSA) is 135 Å². The van der Waals surface area contributed by atoms with Gasteiger partial charge in [-0.1, -0.05) is 24.3 Å². The van der Waals surface area contributed by atoms with Gasteiger partial charge in [-0.25, -0.2) is 14.6 Å². The minimum absolute atomic E-state index is 0.184. The number of aromatic carboxylic acids is 1. The van der Waals surface area contributed by atoms with E-state index in [4.69, 9.17) is 14.5 Å². The molecule has 0 spiro atoms. The van der Waals surface area contributed by atoms with Crippen LogP contribution in [-0.2, 0) is 4.74 Å². The number of nitrogens with zero attached hydrogens (tertiary/aromatic N) is 2. The van der Waals surface area contributed by atoms with E-state index in [1.54, 1.807) is 52.1 Å². The lowest BCUT2D eigenvalue weighted by atomic mass is 10.00. The first kappa shape index (κ1) is 29.7. The average molecular weight is 554 g/mol. The maximum Gasteiger partial charge on any atom is 0.407 e. The van der Waals surface area contributed by atoms with Gasteiger partial charge in [0.2, 0.25) is 11.8 Å². The summed E-state index contributed by atoms with van der Waals surface area (Å²) in [4.78, 5) is 33.5. The van der Waals surface area contributed by atoms with Gasteiger partial charge in [-0.2, -0.15) is 4.98 Å². The largest absolute Gasteiger partial charge is 0.478 e. The summed E-state index contributed by atoms with van der Waals surface area (Å²) in [6.45, 7) is 10.1. The molecule has 0 aliphatic carbocycles. The number of amides is 1.